The molecule has 1 aliphatic carbocycles. The second kappa shape index (κ2) is 17.5. The molecular weight excluding hydrogens is 726 g/mol. The van der Waals surface area contributed by atoms with Gasteiger partial charge in [0.15, 0.2) is 21.7 Å². The lowest BCUT2D eigenvalue weighted by atomic mass is 9.93. The fraction of sp³-hybridized carbons (Fsp3) is 0.525. The first-order valence-electron chi connectivity index (χ1n) is 18.2. The molecule has 1 aliphatic heterocycles. The van der Waals surface area contributed by atoms with Crippen molar-refractivity contribution in [2.75, 3.05) is 44.9 Å². The number of carbonyl (C=O) groups is 1. The molecule has 9 nitrogen and oxygen atoms in total. The van der Waals surface area contributed by atoms with Gasteiger partial charge in [0.2, 0.25) is 0 Å². The summed E-state index contributed by atoms with van der Waals surface area (Å²) in [4.78, 5) is 14.9. The number of alkyl halides is 2. The van der Waals surface area contributed by atoms with Crippen molar-refractivity contribution in [1.29, 1.82) is 0 Å². The zero-order valence-corrected chi connectivity index (χ0v) is 32.7. The molecule has 1 fully saturated rings. The average Bonchev–Trinajstić information content (AvgIpc) is 3.40. The summed E-state index contributed by atoms with van der Waals surface area (Å²) >= 11 is 6.70. The maximum Gasteiger partial charge on any atom is 0.167 e. The van der Waals surface area contributed by atoms with Gasteiger partial charge in [-0.1, -0.05) is 41.9 Å². The molecule has 3 aromatic rings. The van der Waals surface area contributed by atoms with E-state index in [2.05, 4.69) is 10.2 Å². The summed E-state index contributed by atoms with van der Waals surface area (Å²) < 4.78 is 71.9. The van der Waals surface area contributed by atoms with Gasteiger partial charge in [0.05, 0.1) is 30.4 Å². The smallest absolute Gasteiger partial charge is 0.167 e. The number of hydrogen-bond donors (Lipinski definition) is 2. The van der Waals surface area contributed by atoms with E-state index in [9.17, 15) is 22.7 Å². The van der Waals surface area contributed by atoms with E-state index in [1.165, 1.54) is 6.92 Å². The Kier molecular flexibility index (Phi) is 13.5. The van der Waals surface area contributed by atoms with Crippen LogP contribution >= 0.6 is 11.6 Å². The van der Waals surface area contributed by atoms with Crippen molar-refractivity contribution in [3.8, 4) is 28.4 Å². The molecule has 4 atom stereocenters. The number of fused-ring (bicyclic) bond motifs is 1. The van der Waals surface area contributed by atoms with E-state index in [1.54, 1.807) is 26.0 Å². The average molecular weight is 777 g/mol. The largest absolute Gasteiger partial charge is 0.493 e. The lowest BCUT2D eigenvalue weighted by Gasteiger charge is -2.34. The summed E-state index contributed by atoms with van der Waals surface area (Å²) in [7, 11) is -3.59. The number of hydrogen-bond acceptors (Lipinski definition) is 9. The normalized spacial score (nSPS) is 19.7. The third-order valence-corrected chi connectivity index (χ3v) is 11.1. The van der Waals surface area contributed by atoms with Crippen molar-refractivity contribution in [2.45, 2.75) is 90.0 Å². The number of nitrogens with one attached hydrogen (secondary N) is 1. The minimum Gasteiger partial charge on any atom is -0.493 e. The maximum absolute atomic E-state index is 15.9. The molecule has 0 amide bonds. The molecule has 290 valence electrons. The van der Waals surface area contributed by atoms with Gasteiger partial charge in [-0.25, -0.2) is 17.2 Å². The first-order valence-corrected chi connectivity index (χ1v) is 20.6. The molecule has 53 heavy (non-hydrogen) atoms. The minimum atomic E-state index is -3.59. The predicted molar refractivity (Wildman–Crippen MR) is 204 cm³/mol. The highest BCUT2D eigenvalue weighted by molar-refractivity contribution is 7.91. The highest BCUT2D eigenvalue weighted by Gasteiger charge is 2.37. The number of carbonyl (C=O) groups excluding carboxylic acids is 1. The van der Waals surface area contributed by atoms with Crippen LogP contribution in [0.2, 0.25) is 5.02 Å². The van der Waals surface area contributed by atoms with Crippen LogP contribution < -0.4 is 19.5 Å². The molecule has 2 N–H and O–H groups in total. The van der Waals surface area contributed by atoms with E-state index in [-0.39, 0.29) is 23.7 Å². The molecule has 3 aromatic carbocycles. The third kappa shape index (κ3) is 10.5. The summed E-state index contributed by atoms with van der Waals surface area (Å²) in [5.41, 5.74) is 3.85. The van der Waals surface area contributed by atoms with Crippen LogP contribution in [-0.2, 0) is 27.6 Å². The molecule has 0 radical (unpaired) electrons. The van der Waals surface area contributed by atoms with E-state index >= 15 is 4.39 Å². The van der Waals surface area contributed by atoms with Gasteiger partial charge in [0.25, 0.3) is 0 Å². The SMILES string of the molecule is CCOc1cc(O[C@@H]2c3cccc(-c4cccc(OCCCN5CCC(C)(F)CC5)c4C)c3C[C@@H]2F)c(Cl)cc1CNC(C(=O)CS(C)(=O)=O)[C@@H](C)O. The van der Waals surface area contributed by atoms with E-state index in [0.29, 0.717) is 37.4 Å². The number of benzene rings is 3. The summed E-state index contributed by atoms with van der Waals surface area (Å²) in [6.45, 7) is 10.1. The number of piperidine rings is 1. The van der Waals surface area contributed by atoms with Crippen molar-refractivity contribution in [2.24, 2.45) is 0 Å². The van der Waals surface area contributed by atoms with Crippen LogP contribution in [0.5, 0.6) is 17.2 Å². The summed E-state index contributed by atoms with van der Waals surface area (Å²) in [5, 5.41) is 13.3. The van der Waals surface area contributed by atoms with Gasteiger partial charge in [-0.05, 0) is 86.9 Å². The van der Waals surface area contributed by atoms with Crippen molar-refractivity contribution >= 4 is 27.2 Å². The van der Waals surface area contributed by atoms with Gasteiger partial charge in [-0.2, -0.15) is 0 Å². The fourth-order valence-corrected chi connectivity index (χ4v) is 8.04. The van der Waals surface area contributed by atoms with Gasteiger partial charge in [0, 0.05) is 50.5 Å². The minimum absolute atomic E-state index is 0.0301. The van der Waals surface area contributed by atoms with Crippen LogP contribution in [0.25, 0.3) is 11.1 Å². The summed E-state index contributed by atoms with van der Waals surface area (Å²) in [5.74, 6) is -0.000912. The molecule has 0 spiro atoms. The van der Waals surface area contributed by atoms with Gasteiger partial charge >= 0.3 is 0 Å². The molecule has 5 rings (SSSR count). The number of Topliss-reactive ketones (excluding diaryl/α,β-unsaturated/α-hetero) is 1. The standard InChI is InChI=1S/C40H51ClF2N2O7S/c1-6-50-36-22-37(32(41)20-27(36)23-44-38(26(3)46)34(47)24-53(5,48)49)52-39-30-12-7-11-29(31(30)21-33(39)42)28-10-8-13-35(25(28)2)51-19-9-16-45-17-14-40(4,43)15-18-45/h7-8,10-13,20,22,26,33,38-39,44,46H,6,9,14-19,21,23-24H2,1-5H3/t26-,33+,38?,39-/m1/s1. The quantitative estimate of drug-likeness (QED) is 0.143. The first-order chi connectivity index (χ1) is 25.1. The lowest BCUT2D eigenvalue weighted by Crippen LogP contribution is -2.46. The molecule has 1 unspecified atom stereocenters. The van der Waals surface area contributed by atoms with Crippen molar-refractivity contribution in [3.05, 3.63) is 75.8 Å². The number of aliphatic hydroxyl groups excluding tert-OH is 1. The zero-order valence-electron chi connectivity index (χ0n) is 31.1. The van der Waals surface area contributed by atoms with Crippen molar-refractivity contribution < 1.29 is 41.3 Å². The van der Waals surface area contributed by atoms with Crippen LogP contribution in [0.3, 0.4) is 0 Å². The van der Waals surface area contributed by atoms with E-state index in [4.69, 9.17) is 25.8 Å². The Morgan fingerprint density at radius 1 is 1.09 bits per heavy atom. The van der Waals surface area contributed by atoms with Crippen molar-refractivity contribution in [3.63, 3.8) is 0 Å². The summed E-state index contributed by atoms with van der Waals surface area (Å²) in [6.07, 6.45) is -0.389. The molecule has 13 heteroatoms. The zero-order chi connectivity index (χ0) is 38.5. The number of sulfone groups is 1. The van der Waals surface area contributed by atoms with E-state index in [1.807, 2.05) is 43.3 Å². The van der Waals surface area contributed by atoms with E-state index in [0.717, 1.165) is 65.9 Å². The summed E-state index contributed by atoms with van der Waals surface area (Å²) in [6, 6.07) is 13.7. The highest BCUT2D eigenvalue weighted by atomic mass is 35.5. The number of rotatable bonds is 17. The molecule has 2 aliphatic rings. The Morgan fingerprint density at radius 3 is 2.47 bits per heavy atom. The third-order valence-electron chi connectivity index (χ3n) is 10.0. The molecule has 0 saturated carbocycles. The second-order valence-electron chi connectivity index (χ2n) is 14.5. The van der Waals surface area contributed by atoms with Crippen LogP contribution in [-0.4, -0.2) is 93.1 Å². The fourth-order valence-electron chi connectivity index (χ4n) is 7.11. The predicted octanol–water partition coefficient (Wildman–Crippen LogP) is 6.77. The molecule has 1 saturated heterocycles. The Morgan fingerprint density at radius 2 is 1.79 bits per heavy atom. The first kappa shape index (κ1) is 40.9. The van der Waals surface area contributed by atoms with Gasteiger partial charge < -0.3 is 29.5 Å². The van der Waals surface area contributed by atoms with Crippen LogP contribution in [0, 0.1) is 6.92 Å². The molecule has 1 heterocycles. The molecule has 0 aromatic heterocycles. The van der Waals surface area contributed by atoms with Crippen LogP contribution in [0.1, 0.15) is 68.4 Å². The Labute approximate surface area is 316 Å². The Balaban J connectivity index is 1.30. The molecule has 0 bridgehead atoms. The van der Waals surface area contributed by atoms with Gasteiger partial charge in [-0.3, -0.25) is 4.79 Å². The second-order valence-corrected chi connectivity index (χ2v) is 17.0. The number of ether oxygens (including phenoxy) is 3. The lowest BCUT2D eigenvalue weighted by molar-refractivity contribution is -0.121. The topological polar surface area (TPSA) is 114 Å². The number of aliphatic hydroxyl groups is 1. The maximum atomic E-state index is 15.9. The molecular formula is C40H51ClF2N2O7S. The van der Waals surface area contributed by atoms with Gasteiger partial charge in [0.1, 0.15) is 34.8 Å². The van der Waals surface area contributed by atoms with E-state index < -0.39 is 51.5 Å². The monoisotopic (exact) mass is 776 g/mol. The highest BCUT2D eigenvalue weighted by Crippen LogP contribution is 2.45. The van der Waals surface area contributed by atoms with Crippen LogP contribution in [0.15, 0.2) is 48.5 Å². The number of ketones is 1. The number of nitrogens with zero attached hydrogens (tertiary/aromatic N) is 1. The number of halogens is 3. The van der Waals surface area contributed by atoms with Crippen molar-refractivity contribution in [1.82, 2.24) is 10.2 Å². The Bertz CT molecular complexity index is 1860. The van der Waals surface area contributed by atoms with Gasteiger partial charge in [-0.15, -0.1) is 0 Å². The Hall–Kier alpha value is -3.29. The number of likely N-dealkylation sites (tertiary alicyclic amines) is 1. The van der Waals surface area contributed by atoms with Crippen LogP contribution in [0.4, 0.5) is 8.78 Å².